The van der Waals surface area contributed by atoms with Gasteiger partial charge in [0.1, 0.15) is 11.4 Å². The molecule has 0 amide bonds. The summed E-state index contributed by atoms with van der Waals surface area (Å²) in [6.07, 6.45) is 6.77. The third-order valence-corrected chi connectivity index (χ3v) is 4.85. The van der Waals surface area contributed by atoms with E-state index in [1.54, 1.807) is 25.3 Å². The molecule has 0 aromatic carbocycles. The molecular weight excluding hydrogens is 316 g/mol. The Bertz CT molecular complexity index is 514. The van der Waals surface area contributed by atoms with Crippen LogP contribution in [0.25, 0.3) is 0 Å². The van der Waals surface area contributed by atoms with Gasteiger partial charge in [-0.2, -0.15) is 0 Å². The molecule has 1 aromatic heterocycles. The first-order chi connectivity index (χ1) is 12.1. The van der Waals surface area contributed by atoms with E-state index in [9.17, 15) is 5.11 Å². The average molecular weight is 351 g/mol. The quantitative estimate of drug-likeness (QED) is 0.496. The molecule has 1 fully saturated rings. The number of guanidine groups is 1. The van der Waals surface area contributed by atoms with Crippen molar-refractivity contribution in [2.45, 2.75) is 58.1 Å². The molecule has 1 aromatic rings. The predicted octanol–water partition coefficient (Wildman–Crippen LogP) is 2.31. The molecule has 6 heteroatoms. The molecule has 1 aliphatic rings. The summed E-state index contributed by atoms with van der Waals surface area (Å²) in [6, 6.07) is 4.27. The molecule has 2 atom stereocenters. The zero-order valence-corrected chi connectivity index (χ0v) is 15.9. The Morgan fingerprint density at radius 1 is 1.40 bits per heavy atom. The van der Waals surface area contributed by atoms with Crippen LogP contribution in [0.3, 0.4) is 0 Å². The van der Waals surface area contributed by atoms with E-state index in [1.165, 1.54) is 32.2 Å². The summed E-state index contributed by atoms with van der Waals surface area (Å²) in [7, 11) is 0. The molecular formula is C19H34N4O2. The molecule has 2 unspecified atom stereocenters. The van der Waals surface area contributed by atoms with Crippen molar-refractivity contribution in [2.24, 2.45) is 4.99 Å². The molecule has 0 aliphatic carbocycles. The number of likely N-dealkylation sites (tertiary alicyclic amines) is 1. The predicted molar refractivity (Wildman–Crippen MR) is 102 cm³/mol. The number of nitrogens with zero attached hydrogens (tertiary/aromatic N) is 2. The average Bonchev–Trinajstić information content (AvgIpc) is 3.16. The van der Waals surface area contributed by atoms with Gasteiger partial charge in [-0.25, -0.2) is 4.99 Å². The van der Waals surface area contributed by atoms with Gasteiger partial charge in [0, 0.05) is 25.7 Å². The van der Waals surface area contributed by atoms with Gasteiger partial charge < -0.3 is 20.2 Å². The highest BCUT2D eigenvalue weighted by atomic mass is 16.4. The standard InChI is InChI=1S/C19H34N4O2/c1-4-16-9-6-7-12-23(16)13-11-21-18(20-5-2)22-15-19(3,24)17-10-8-14-25-17/h8,10,14,16,24H,4-7,9,11-13,15H2,1-3H3,(H2,20,21,22). The SMILES string of the molecule is CCNC(=NCC(C)(O)c1ccco1)NCCN1CCCCC1CC. The third-order valence-electron chi connectivity index (χ3n) is 4.85. The number of hydrogen-bond donors (Lipinski definition) is 3. The van der Waals surface area contributed by atoms with E-state index in [4.69, 9.17) is 4.42 Å². The first-order valence-corrected chi connectivity index (χ1v) is 9.59. The fourth-order valence-electron chi connectivity index (χ4n) is 3.37. The summed E-state index contributed by atoms with van der Waals surface area (Å²) in [5.74, 6) is 1.27. The Labute approximate surface area is 151 Å². The van der Waals surface area contributed by atoms with Crippen LogP contribution < -0.4 is 10.6 Å². The van der Waals surface area contributed by atoms with Crippen molar-refractivity contribution in [1.82, 2.24) is 15.5 Å². The first kappa shape index (κ1) is 19.8. The highest BCUT2D eigenvalue weighted by molar-refractivity contribution is 5.79. The maximum atomic E-state index is 10.5. The van der Waals surface area contributed by atoms with E-state index in [0.29, 0.717) is 5.76 Å². The van der Waals surface area contributed by atoms with Crippen LogP contribution in [0, 0.1) is 0 Å². The number of aliphatic hydroxyl groups is 1. The van der Waals surface area contributed by atoms with Crippen LogP contribution in [0.4, 0.5) is 0 Å². The molecule has 0 spiro atoms. The molecule has 0 saturated carbocycles. The second kappa shape index (κ2) is 9.82. The lowest BCUT2D eigenvalue weighted by Crippen LogP contribution is -2.46. The van der Waals surface area contributed by atoms with Crippen molar-refractivity contribution >= 4 is 5.96 Å². The van der Waals surface area contributed by atoms with Crippen molar-refractivity contribution in [3.8, 4) is 0 Å². The molecule has 3 N–H and O–H groups in total. The Morgan fingerprint density at radius 3 is 2.92 bits per heavy atom. The maximum absolute atomic E-state index is 10.5. The summed E-state index contributed by atoms with van der Waals surface area (Å²) in [4.78, 5) is 7.11. The largest absolute Gasteiger partial charge is 0.466 e. The van der Waals surface area contributed by atoms with Crippen LogP contribution in [0.15, 0.2) is 27.8 Å². The Kier molecular flexibility index (Phi) is 7.78. The van der Waals surface area contributed by atoms with Crippen molar-refractivity contribution in [3.05, 3.63) is 24.2 Å². The summed E-state index contributed by atoms with van der Waals surface area (Å²) in [5.41, 5.74) is -1.11. The number of hydrogen-bond acceptors (Lipinski definition) is 4. The van der Waals surface area contributed by atoms with Gasteiger partial charge in [0.25, 0.3) is 0 Å². The smallest absolute Gasteiger partial charge is 0.191 e. The Hall–Kier alpha value is -1.53. The van der Waals surface area contributed by atoms with E-state index in [2.05, 4.69) is 27.4 Å². The fraction of sp³-hybridized carbons (Fsp3) is 0.737. The third kappa shape index (κ3) is 6.04. The Morgan fingerprint density at radius 2 is 2.24 bits per heavy atom. The van der Waals surface area contributed by atoms with E-state index < -0.39 is 5.60 Å². The number of furan rings is 1. The van der Waals surface area contributed by atoms with Crippen LogP contribution in [0.1, 0.15) is 52.2 Å². The second-order valence-electron chi connectivity index (χ2n) is 6.97. The summed E-state index contributed by atoms with van der Waals surface area (Å²) in [6.45, 7) is 10.1. The number of rotatable bonds is 8. The van der Waals surface area contributed by atoms with Gasteiger partial charge in [0.15, 0.2) is 5.96 Å². The minimum atomic E-state index is -1.11. The summed E-state index contributed by atoms with van der Waals surface area (Å²) in [5, 5.41) is 17.2. The van der Waals surface area contributed by atoms with Gasteiger partial charge in [-0.05, 0) is 51.8 Å². The van der Waals surface area contributed by atoms with E-state index in [1.807, 2.05) is 6.92 Å². The molecule has 0 radical (unpaired) electrons. The lowest BCUT2D eigenvalue weighted by molar-refractivity contribution is 0.0437. The number of piperidine rings is 1. The van der Waals surface area contributed by atoms with Crippen molar-refractivity contribution in [3.63, 3.8) is 0 Å². The zero-order chi connectivity index (χ0) is 18.1. The van der Waals surface area contributed by atoms with E-state index >= 15 is 0 Å². The fourth-order valence-corrected chi connectivity index (χ4v) is 3.37. The van der Waals surface area contributed by atoms with Gasteiger partial charge >= 0.3 is 0 Å². The Balaban J connectivity index is 1.85. The first-order valence-electron chi connectivity index (χ1n) is 9.59. The van der Waals surface area contributed by atoms with Crippen molar-refractivity contribution in [2.75, 3.05) is 32.7 Å². The summed E-state index contributed by atoms with van der Waals surface area (Å²) < 4.78 is 5.31. The lowest BCUT2D eigenvalue weighted by atomic mass is 10.0. The van der Waals surface area contributed by atoms with Crippen LogP contribution in [-0.4, -0.2) is 54.7 Å². The monoisotopic (exact) mass is 350 g/mol. The van der Waals surface area contributed by atoms with Gasteiger partial charge in [0.2, 0.25) is 0 Å². The van der Waals surface area contributed by atoms with Crippen molar-refractivity contribution < 1.29 is 9.52 Å². The van der Waals surface area contributed by atoms with Crippen LogP contribution >= 0.6 is 0 Å². The van der Waals surface area contributed by atoms with Gasteiger partial charge in [-0.3, -0.25) is 4.90 Å². The van der Waals surface area contributed by atoms with Crippen LogP contribution in [-0.2, 0) is 5.60 Å². The number of aliphatic imine (C=N–C) groups is 1. The second-order valence-corrected chi connectivity index (χ2v) is 6.97. The van der Waals surface area contributed by atoms with Gasteiger partial charge in [-0.1, -0.05) is 13.3 Å². The highest BCUT2D eigenvalue weighted by Crippen LogP contribution is 2.21. The van der Waals surface area contributed by atoms with Crippen LogP contribution in [0.5, 0.6) is 0 Å². The van der Waals surface area contributed by atoms with Crippen LogP contribution in [0.2, 0.25) is 0 Å². The minimum Gasteiger partial charge on any atom is -0.466 e. The molecule has 2 rings (SSSR count). The van der Waals surface area contributed by atoms with Gasteiger partial charge in [-0.15, -0.1) is 0 Å². The van der Waals surface area contributed by atoms with Gasteiger partial charge in [0.05, 0.1) is 12.8 Å². The molecule has 6 nitrogen and oxygen atoms in total. The summed E-state index contributed by atoms with van der Waals surface area (Å²) >= 11 is 0. The number of nitrogens with one attached hydrogen (secondary N) is 2. The maximum Gasteiger partial charge on any atom is 0.191 e. The molecule has 25 heavy (non-hydrogen) atoms. The normalized spacial score (nSPS) is 21.8. The lowest BCUT2D eigenvalue weighted by Gasteiger charge is -2.35. The van der Waals surface area contributed by atoms with E-state index in [0.717, 1.165) is 31.6 Å². The minimum absolute atomic E-state index is 0.247. The topological polar surface area (TPSA) is 73.0 Å². The zero-order valence-electron chi connectivity index (χ0n) is 15.9. The molecule has 142 valence electrons. The van der Waals surface area contributed by atoms with Crippen molar-refractivity contribution in [1.29, 1.82) is 0 Å². The highest BCUT2D eigenvalue weighted by Gasteiger charge is 2.26. The molecule has 1 saturated heterocycles. The molecule has 2 heterocycles. The molecule has 0 bridgehead atoms. The molecule has 1 aliphatic heterocycles. The van der Waals surface area contributed by atoms with E-state index in [-0.39, 0.29) is 6.54 Å².